The number of rotatable bonds is 5. The molecule has 0 radical (unpaired) electrons. The molecular weight excluding hydrogens is 416 g/mol. The Balaban J connectivity index is 1.45. The molecule has 0 bridgehead atoms. The van der Waals surface area contributed by atoms with E-state index in [0.717, 1.165) is 32.1 Å². The van der Waals surface area contributed by atoms with E-state index in [-0.39, 0.29) is 5.91 Å². The van der Waals surface area contributed by atoms with Gasteiger partial charge in [0.15, 0.2) is 0 Å². The maximum atomic E-state index is 12.5. The van der Waals surface area contributed by atoms with Gasteiger partial charge in [0.1, 0.15) is 0 Å². The molecule has 1 aliphatic heterocycles. The molecular formula is C23H22N2O3S2. The molecule has 0 unspecified atom stereocenters. The smallest absolute Gasteiger partial charge is 0.248 e. The second kappa shape index (κ2) is 8.55. The Morgan fingerprint density at radius 1 is 1.07 bits per heavy atom. The standard InChI is InChI=1S/C23H22N2O3S2/c1-30(27,28)25-15-14-20-18(16-25)8-5-9-21(20)24-23(26)13-11-19-10-12-22(29-19)17-6-3-2-4-7-17/h2-13H,14-16H2,1H3,(H,24,26)/b13-11+. The van der Waals surface area contributed by atoms with Crippen molar-refractivity contribution in [1.29, 1.82) is 0 Å². The summed E-state index contributed by atoms with van der Waals surface area (Å²) in [4.78, 5) is 14.6. The number of thiophene rings is 1. The van der Waals surface area contributed by atoms with Crippen LogP contribution in [-0.4, -0.2) is 31.4 Å². The number of amides is 1. The van der Waals surface area contributed by atoms with Crippen LogP contribution >= 0.6 is 11.3 Å². The summed E-state index contributed by atoms with van der Waals surface area (Å²) in [6.07, 6.45) is 5.15. The predicted octanol–water partition coefficient (Wildman–Crippen LogP) is 4.38. The number of benzene rings is 2. The Hall–Kier alpha value is -2.74. The quantitative estimate of drug-likeness (QED) is 0.601. The van der Waals surface area contributed by atoms with Crippen LogP contribution in [0.1, 0.15) is 16.0 Å². The minimum Gasteiger partial charge on any atom is -0.322 e. The van der Waals surface area contributed by atoms with Crippen molar-refractivity contribution in [3.63, 3.8) is 0 Å². The van der Waals surface area contributed by atoms with Gasteiger partial charge in [-0.3, -0.25) is 4.79 Å². The van der Waals surface area contributed by atoms with Gasteiger partial charge < -0.3 is 5.32 Å². The second-order valence-electron chi connectivity index (χ2n) is 7.18. The van der Waals surface area contributed by atoms with Crippen LogP contribution in [0.4, 0.5) is 5.69 Å². The molecule has 0 saturated heterocycles. The van der Waals surface area contributed by atoms with Gasteiger partial charge in [-0.25, -0.2) is 8.42 Å². The summed E-state index contributed by atoms with van der Waals surface area (Å²) in [6, 6.07) is 19.8. The van der Waals surface area contributed by atoms with E-state index in [4.69, 9.17) is 0 Å². The van der Waals surface area contributed by atoms with Crippen molar-refractivity contribution in [2.45, 2.75) is 13.0 Å². The predicted molar refractivity (Wildman–Crippen MR) is 123 cm³/mol. The van der Waals surface area contributed by atoms with Crippen molar-refractivity contribution in [2.75, 3.05) is 18.1 Å². The number of hydrogen-bond acceptors (Lipinski definition) is 4. The summed E-state index contributed by atoms with van der Waals surface area (Å²) < 4.78 is 25.1. The van der Waals surface area contributed by atoms with E-state index in [2.05, 4.69) is 23.5 Å². The van der Waals surface area contributed by atoms with Gasteiger partial charge in [0.25, 0.3) is 0 Å². The lowest BCUT2D eigenvalue weighted by molar-refractivity contribution is -0.111. The Morgan fingerprint density at radius 3 is 2.63 bits per heavy atom. The molecule has 1 aliphatic rings. The van der Waals surface area contributed by atoms with Gasteiger partial charge in [-0.15, -0.1) is 11.3 Å². The number of hydrogen-bond donors (Lipinski definition) is 1. The average molecular weight is 439 g/mol. The van der Waals surface area contributed by atoms with E-state index >= 15 is 0 Å². The van der Waals surface area contributed by atoms with Crippen LogP contribution in [0.15, 0.2) is 66.7 Å². The summed E-state index contributed by atoms with van der Waals surface area (Å²) in [5.41, 5.74) is 3.83. The van der Waals surface area contributed by atoms with E-state index < -0.39 is 10.0 Å². The Kier molecular flexibility index (Phi) is 5.85. The third-order valence-corrected chi connectivity index (χ3v) is 7.39. The van der Waals surface area contributed by atoms with Crippen molar-refractivity contribution in [1.82, 2.24) is 4.31 Å². The fraction of sp³-hybridized carbons (Fsp3) is 0.174. The number of carbonyl (C=O) groups is 1. The highest BCUT2D eigenvalue weighted by Gasteiger charge is 2.24. The van der Waals surface area contributed by atoms with Gasteiger partial charge in [0.05, 0.1) is 6.26 Å². The van der Waals surface area contributed by atoms with Gasteiger partial charge in [0, 0.05) is 34.6 Å². The Bertz CT molecular complexity index is 1200. The molecule has 7 heteroatoms. The Labute approximate surface area is 180 Å². The van der Waals surface area contributed by atoms with E-state index in [9.17, 15) is 13.2 Å². The van der Waals surface area contributed by atoms with Crippen LogP contribution in [0.25, 0.3) is 16.5 Å². The zero-order chi connectivity index (χ0) is 21.1. The minimum atomic E-state index is -3.23. The molecule has 1 N–H and O–H groups in total. The maximum absolute atomic E-state index is 12.5. The monoisotopic (exact) mass is 438 g/mol. The highest BCUT2D eigenvalue weighted by Crippen LogP contribution is 2.29. The highest BCUT2D eigenvalue weighted by molar-refractivity contribution is 7.88. The van der Waals surface area contributed by atoms with Gasteiger partial charge in [-0.05, 0) is 47.4 Å². The molecule has 1 aromatic heterocycles. The number of fused-ring (bicyclic) bond motifs is 1. The largest absolute Gasteiger partial charge is 0.322 e. The van der Waals surface area contributed by atoms with E-state index in [1.165, 1.54) is 16.6 Å². The molecule has 3 aromatic rings. The lowest BCUT2D eigenvalue weighted by Gasteiger charge is -2.28. The number of nitrogens with one attached hydrogen (secondary N) is 1. The number of sulfonamides is 1. The lowest BCUT2D eigenvalue weighted by Crippen LogP contribution is -2.35. The normalized spacial score (nSPS) is 14.6. The first-order valence-corrected chi connectivity index (χ1v) is 12.3. The van der Waals surface area contributed by atoms with E-state index in [1.807, 2.05) is 48.5 Å². The first-order chi connectivity index (χ1) is 14.4. The lowest BCUT2D eigenvalue weighted by atomic mass is 9.99. The molecule has 0 fully saturated rings. The van der Waals surface area contributed by atoms with Crippen molar-refractivity contribution in [3.05, 3.63) is 82.7 Å². The van der Waals surface area contributed by atoms with E-state index in [0.29, 0.717) is 19.5 Å². The molecule has 5 nitrogen and oxygen atoms in total. The van der Waals surface area contributed by atoms with Crippen molar-refractivity contribution in [3.8, 4) is 10.4 Å². The molecule has 0 spiro atoms. The molecule has 154 valence electrons. The molecule has 0 atom stereocenters. The molecule has 2 aromatic carbocycles. The molecule has 0 saturated carbocycles. The third kappa shape index (κ3) is 4.70. The summed E-state index contributed by atoms with van der Waals surface area (Å²) in [5.74, 6) is -0.205. The van der Waals surface area contributed by atoms with Crippen LogP contribution in [0, 0.1) is 0 Å². The first kappa shape index (κ1) is 20.5. The van der Waals surface area contributed by atoms with Gasteiger partial charge >= 0.3 is 0 Å². The van der Waals surface area contributed by atoms with Crippen LogP contribution < -0.4 is 5.32 Å². The average Bonchev–Trinajstić information content (AvgIpc) is 3.21. The number of nitrogens with zero attached hydrogens (tertiary/aromatic N) is 1. The molecule has 4 rings (SSSR count). The van der Waals surface area contributed by atoms with Crippen molar-refractivity contribution in [2.24, 2.45) is 0 Å². The minimum absolute atomic E-state index is 0.205. The van der Waals surface area contributed by atoms with Crippen molar-refractivity contribution >= 4 is 39.0 Å². The Morgan fingerprint density at radius 2 is 1.87 bits per heavy atom. The van der Waals surface area contributed by atoms with Gasteiger partial charge in [-0.1, -0.05) is 42.5 Å². The first-order valence-electron chi connectivity index (χ1n) is 9.60. The van der Waals surface area contributed by atoms with Crippen LogP contribution in [0.2, 0.25) is 0 Å². The zero-order valence-electron chi connectivity index (χ0n) is 16.5. The van der Waals surface area contributed by atoms with Gasteiger partial charge in [0.2, 0.25) is 15.9 Å². The molecule has 30 heavy (non-hydrogen) atoms. The van der Waals surface area contributed by atoms with Crippen molar-refractivity contribution < 1.29 is 13.2 Å². The number of anilines is 1. The van der Waals surface area contributed by atoms with Crippen LogP contribution in [-0.2, 0) is 27.8 Å². The fourth-order valence-corrected chi connectivity index (χ4v) is 5.23. The van der Waals surface area contributed by atoms with Crippen LogP contribution in [0.3, 0.4) is 0 Å². The van der Waals surface area contributed by atoms with E-state index in [1.54, 1.807) is 11.3 Å². The molecule has 0 aliphatic carbocycles. The van der Waals surface area contributed by atoms with Gasteiger partial charge in [-0.2, -0.15) is 4.31 Å². The topological polar surface area (TPSA) is 66.5 Å². The second-order valence-corrected chi connectivity index (χ2v) is 10.3. The summed E-state index contributed by atoms with van der Waals surface area (Å²) in [6.45, 7) is 0.761. The summed E-state index contributed by atoms with van der Waals surface area (Å²) >= 11 is 1.63. The molecule has 2 heterocycles. The highest BCUT2D eigenvalue weighted by atomic mass is 32.2. The summed E-state index contributed by atoms with van der Waals surface area (Å²) in [5, 5.41) is 2.94. The SMILES string of the molecule is CS(=O)(=O)N1CCc2c(cccc2NC(=O)/C=C/c2ccc(-c3ccccc3)s2)C1. The maximum Gasteiger partial charge on any atom is 0.248 e. The number of carbonyl (C=O) groups excluding carboxylic acids is 1. The third-order valence-electron chi connectivity index (χ3n) is 5.04. The fourth-order valence-electron chi connectivity index (χ4n) is 3.52. The molecule has 1 amide bonds. The summed E-state index contributed by atoms with van der Waals surface area (Å²) in [7, 11) is -3.23. The van der Waals surface area contributed by atoms with Crippen LogP contribution in [0.5, 0.6) is 0 Å². The zero-order valence-corrected chi connectivity index (χ0v) is 18.2.